The molecule has 4 saturated heterocycles. The monoisotopic (exact) mass is 1730 g/mol. The average Bonchev–Trinajstić information content (AvgIpc) is 0.830. The third-order valence-corrected chi connectivity index (χ3v) is 22.7. The zero-order valence-electron chi connectivity index (χ0n) is 71.4. The molecule has 0 saturated carbocycles. The van der Waals surface area contributed by atoms with E-state index in [0.717, 1.165) is 152 Å². The fourth-order valence-corrected chi connectivity index (χ4v) is 15.0. The normalized spacial score (nSPS) is 14.3. The Balaban J connectivity index is 0.000000144. The van der Waals surface area contributed by atoms with E-state index in [0.29, 0.717) is 119 Å². The number of ether oxygens (including phenoxy) is 6. The number of carbonyl (C=O) groups excluding carboxylic acids is 3. The first-order chi connectivity index (χ1) is 61.3. The van der Waals surface area contributed by atoms with Gasteiger partial charge in [0.05, 0.1) is 46.2 Å². The van der Waals surface area contributed by atoms with Crippen LogP contribution in [0.1, 0.15) is 58.9 Å². The molecule has 8 heterocycles. The number of carbonyl (C=O) groups is 3. The summed E-state index contributed by atoms with van der Waals surface area (Å²) in [6.07, 6.45) is 6.88. The summed E-state index contributed by atoms with van der Waals surface area (Å²) in [5, 5.41) is 9.17. The number of nitriles is 1. The largest absolute Gasteiger partial charge is 0.472 e. The quantitative estimate of drug-likeness (QED) is 0.0410. The van der Waals surface area contributed by atoms with Crippen LogP contribution in [0.4, 0.5) is 29.5 Å². The van der Waals surface area contributed by atoms with Gasteiger partial charge in [0, 0.05) is 151 Å². The van der Waals surface area contributed by atoms with Crippen molar-refractivity contribution in [3.05, 3.63) is 282 Å². The van der Waals surface area contributed by atoms with Gasteiger partial charge in [0.1, 0.15) is 37.9 Å². The second-order valence-electron chi connectivity index (χ2n) is 30.4. The molecule has 6 N–H and O–H groups in total. The molecule has 0 radical (unpaired) electrons. The van der Waals surface area contributed by atoms with Crippen LogP contribution >= 0.6 is 23.5 Å². The highest BCUT2D eigenvalue weighted by Crippen LogP contribution is 2.39. The molecule has 12 aromatic rings. The molecule has 650 valence electrons. The van der Waals surface area contributed by atoms with Crippen LogP contribution in [0.5, 0.6) is 46.5 Å². The van der Waals surface area contributed by atoms with E-state index in [1.807, 2.05) is 165 Å². The van der Waals surface area contributed by atoms with Crippen molar-refractivity contribution in [1.29, 1.82) is 5.26 Å². The van der Waals surface area contributed by atoms with Gasteiger partial charge in [-0.05, 0) is 148 Å². The summed E-state index contributed by atoms with van der Waals surface area (Å²) in [5.41, 5.74) is 23.3. The van der Waals surface area contributed by atoms with Gasteiger partial charge < -0.3 is 89.7 Å². The van der Waals surface area contributed by atoms with Crippen molar-refractivity contribution in [2.24, 2.45) is 17.2 Å². The first-order valence-corrected chi connectivity index (χ1v) is 42.9. The predicted octanol–water partition coefficient (Wildman–Crippen LogP) is 12.4. The molecule has 4 fully saturated rings. The average molecular weight is 1740 g/mol. The summed E-state index contributed by atoms with van der Waals surface area (Å²) in [7, 11) is 12.5. The molecule has 8 aromatic carbocycles. The van der Waals surface area contributed by atoms with Gasteiger partial charge in [-0.2, -0.15) is 25.2 Å². The molecule has 0 aliphatic carbocycles. The van der Waals surface area contributed by atoms with Crippen LogP contribution in [0, 0.1) is 11.3 Å². The van der Waals surface area contributed by atoms with Crippen LogP contribution in [0.2, 0.25) is 0 Å². The van der Waals surface area contributed by atoms with E-state index in [2.05, 4.69) is 104 Å². The van der Waals surface area contributed by atoms with Crippen LogP contribution in [0.25, 0.3) is 0 Å². The number of anilines is 5. The van der Waals surface area contributed by atoms with E-state index in [1.54, 1.807) is 85.3 Å². The van der Waals surface area contributed by atoms with Gasteiger partial charge in [-0.25, -0.2) is 19.9 Å². The van der Waals surface area contributed by atoms with Crippen molar-refractivity contribution < 1.29 is 42.8 Å². The highest BCUT2D eigenvalue weighted by molar-refractivity contribution is 7.99. The van der Waals surface area contributed by atoms with E-state index in [9.17, 15) is 19.6 Å². The van der Waals surface area contributed by atoms with Crippen LogP contribution < -0.4 is 70.1 Å². The molecular formula is C94H103N21O9S2. The first kappa shape index (κ1) is 90.1. The molecule has 16 rings (SSSR count). The minimum atomic E-state index is -0.490. The Morgan fingerprint density at radius 1 is 0.365 bits per heavy atom. The minimum Gasteiger partial charge on any atom is -0.472 e. The van der Waals surface area contributed by atoms with Crippen molar-refractivity contribution in [2.45, 2.75) is 46.0 Å². The fourth-order valence-electron chi connectivity index (χ4n) is 13.2. The van der Waals surface area contributed by atoms with Gasteiger partial charge in [-0.3, -0.25) is 14.4 Å². The third-order valence-electron chi connectivity index (χ3n) is 20.7. The molecule has 4 aromatic heterocycles. The zero-order chi connectivity index (χ0) is 88.1. The zero-order valence-corrected chi connectivity index (χ0v) is 73.1. The Morgan fingerprint density at radius 3 is 1.06 bits per heavy atom. The van der Waals surface area contributed by atoms with Crippen molar-refractivity contribution in [3.63, 3.8) is 0 Å². The highest BCUT2D eigenvalue weighted by atomic mass is 32.2. The van der Waals surface area contributed by atoms with Crippen molar-refractivity contribution in [2.75, 3.05) is 172 Å². The predicted molar refractivity (Wildman–Crippen MR) is 489 cm³/mol. The second kappa shape index (κ2) is 45.1. The summed E-state index contributed by atoms with van der Waals surface area (Å²) in [5.74, 6) is 4.85. The molecule has 30 nitrogen and oxygen atoms in total. The molecule has 126 heavy (non-hydrogen) atoms. The number of hydrogen-bond donors (Lipinski definition) is 3. The Morgan fingerprint density at radius 2 is 0.690 bits per heavy atom. The van der Waals surface area contributed by atoms with Gasteiger partial charge >= 0.3 is 0 Å². The number of benzene rings is 8. The third kappa shape index (κ3) is 26.7. The number of aromatic nitrogens is 8. The molecule has 4 aliphatic heterocycles. The maximum absolute atomic E-state index is 11.5. The van der Waals surface area contributed by atoms with E-state index in [1.165, 1.54) is 23.5 Å². The van der Waals surface area contributed by atoms with Gasteiger partial charge in [0.25, 0.3) is 11.8 Å². The van der Waals surface area contributed by atoms with Crippen LogP contribution in [-0.2, 0) is 26.4 Å². The van der Waals surface area contributed by atoms with Crippen LogP contribution in [0.3, 0.4) is 0 Å². The number of piperazine rings is 4. The molecule has 0 unspecified atom stereocenters. The molecule has 0 spiro atoms. The number of primary amides is 3. The maximum Gasteiger partial charge on any atom is 0.263 e. The highest BCUT2D eigenvalue weighted by Gasteiger charge is 2.26. The van der Waals surface area contributed by atoms with Crippen molar-refractivity contribution >= 4 is 70.7 Å². The van der Waals surface area contributed by atoms with Crippen molar-refractivity contribution in [3.8, 4) is 52.6 Å². The lowest BCUT2D eigenvalue weighted by Crippen LogP contribution is -2.45. The summed E-state index contributed by atoms with van der Waals surface area (Å²) in [4.78, 5) is 94.6. The summed E-state index contributed by atoms with van der Waals surface area (Å²) < 4.78 is 36.4. The minimum absolute atomic E-state index is 0.331. The second-order valence-corrected chi connectivity index (χ2v) is 32.6. The van der Waals surface area contributed by atoms with Crippen molar-refractivity contribution in [1.82, 2.24) is 59.5 Å². The van der Waals surface area contributed by atoms with Crippen LogP contribution in [-0.4, -0.2) is 224 Å². The lowest BCUT2D eigenvalue weighted by atomic mass is 10.2. The first-order valence-electron chi connectivity index (χ1n) is 41.3. The number of likely N-dealkylation sites (N-methyl/N-ethyl adjacent to an activating group) is 4. The number of nitrogens with zero attached hydrogens (tertiary/aromatic N) is 18. The van der Waals surface area contributed by atoms with Gasteiger partial charge in [0.15, 0.2) is 0 Å². The molecule has 3 amide bonds. The Kier molecular flexibility index (Phi) is 32.2. The smallest absolute Gasteiger partial charge is 0.263 e. The van der Waals surface area contributed by atoms with Gasteiger partial charge in [-0.1, -0.05) is 139 Å². The summed E-state index contributed by atoms with van der Waals surface area (Å²) in [6.45, 7) is 16.2. The van der Waals surface area contributed by atoms with Gasteiger partial charge in [-0.15, -0.1) is 0 Å². The van der Waals surface area contributed by atoms with Crippen LogP contribution in [0.15, 0.2) is 257 Å². The van der Waals surface area contributed by atoms with E-state index < -0.39 is 17.7 Å². The number of nitrogens with two attached hydrogens (primary N) is 3. The van der Waals surface area contributed by atoms with E-state index in [4.69, 9.17) is 60.6 Å². The standard InChI is InChI=1S/C25H30N6O3.C23H25N5O3.C23H25N5O2S.C23H23N5OS/c1-29(2)20-6-4-5-18(15-20)17-33-24-22(34-21-9-7-19(8-10-21)23(26)32)16-27-25(28-24)31-13-11-30(3)12-14-31;1-27-11-13-28(14-12-27)23-25-15-20(31-19-9-7-18(8-10-19)21(24)29)22(26-23)30-16-17-5-3-2-4-6-17;1-27-10-12-28(13-11-27)23-25-15-20(31-19-9-5-8-18(14-19)21(24)29)22(26-23)30-16-17-6-3-2-4-7-17;1-27-10-12-28(13-11-27)23-25-16-21(30-20-9-5-8-19(14-20)15-24)22(26-23)29-17-18-6-3-2-4-7-18/h4-10,15-16H,11-14,17H2,1-3H3,(H2,26,32);2-10,15H,11-14,16H2,1H3,(H2,24,29);2-9,14-15H,10-13,16H2,1H3,(H2,24,29);2-9,14,16H,10-13,17H2,1H3. The van der Waals surface area contributed by atoms with Gasteiger partial charge in [0.2, 0.25) is 64.8 Å². The molecule has 32 heteroatoms. The summed E-state index contributed by atoms with van der Waals surface area (Å²) >= 11 is 2.96. The Hall–Kier alpha value is -13.7. The fraction of sp³-hybridized carbons (Fsp3) is 0.277. The summed E-state index contributed by atoms with van der Waals surface area (Å²) in [6, 6.07) is 68.1. The molecule has 0 bridgehead atoms. The lowest BCUT2D eigenvalue weighted by molar-refractivity contribution is 0.0991. The lowest BCUT2D eigenvalue weighted by Gasteiger charge is -2.32. The van der Waals surface area contributed by atoms with E-state index >= 15 is 0 Å². The number of hydrogen-bond acceptors (Lipinski definition) is 29. The molecular weight excluding hydrogens is 1630 g/mol. The maximum atomic E-state index is 11.5. The van der Waals surface area contributed by atoms with E-state index in [-0.39, 0.29) is 0 Å². The Bertz CT molecular complexity index is 5590. The topological polar surface area (TPSA) is 341 Å². The SMILES string of the molecule is CN1CCN(c2ncc(Oc3ccc(C(N)=O)cc3)c(OCc3cccc(N(C)C)c3)n2)CC1.CN1CCN(c2ncc(Oc3ccc(C(N)=O)cc3)c(OCc3ccccc3)n2)CC1.CN1CCN(c2ncc(Sc3cccc(C#N)c3)c(OCc3ccccc3)n2)CC1.CN1CCN(c2ncc(Sc3cccc(C(N)=O)c3)c(OCc3ccccc3)n2)CC1. The number of rotatable bonds is 28. The number of amides is 3. The molecule has 0 atom stereocenters. The Labute approximate surface area is 742 Å². The molecule has 4 aliphatic rings.